The van der Waals surface area contributed by atoms with Crippen LogP contribution < -0.4 is 0 Å². The molecule has 5 aromatic rings. The molecular weight excluding hydrogens is 382 g/mol. The standard InChI is InChI=1S/C21H19N7S/c1-12(14-7-8-17-15(10-14)4-3-9-22-17)19-23-24-21-28(19)26-20(29-21)16-11-27(2)25-18(16)13-5-6-13/h3-4,7-13H,5-6H2,1-2H3/t12-/m0/s1. The monoisotopic (exact) mass is 401 g/mol. The number of hydrogen-bond acceptors (Lipinski definition) is 6. The normalized spacial score (nSPS) is 15.4. The average Bonchev–Trinajstić information content (AvgIpc) is 3.20. The van der Waals surface area contributed by atoms with Crippen LogP contribution in [0.15, 0.2) is 42.7 Å². The van der Waals surface area contributed by atoms with E-state index in [1.54, 1.807) is 11.3 Å². The molecule has 0 radical (unpaired) electrons. The van der Waals surface area contributed by atoms with Gasteiger partial charge in [-0.1, -0.05) is 30.4 Å². The molecule has 8 heteroatoms. The van der Waals surface area contributed by atoms with Gasteiger partial charge in [-0.3, -0.25) is 9.67 Å². The van der Waals surface area contributed by atoms with E-state index in [4.69, 9.17) is 5.10 Å². The van der Waals surface area contributed by atoms with Crippen molar-refractivity contribution in [3.05, 3.63) is 59.8 Å². The smallest absolute Gasteiger partial charge is 0.235 e. The van der Waals surface area contributed by atoms with E-state index in [0.717, 1.165) is 38.0 Å². The second-order valence-corrected chi connectivity index (χ2v) is 8.67. The minimum absolute atomic E-state index is 0.0707. The fourth-order valence-corrected chi connectivity index (χ4v) is 4.72. The minimum atomic E-state index is 0.0707. The molecule has 4 heterocycles. The molecule has 0 unspecified atom stereocenters. The Bertz CT molecular complexity index is 1360. The van der Waals surface area contributed by atoms with Gasteiger partial charge in [0.05, 0.1) is 16.8 Å². The van der Waals surface area contributed by atoms with Gasteiger partial charge in [0, 0.05) is 36.7 Å². The number of benzene rings is 1. The molecule has 7 nitrogen and oxygen atoms in total. The molecule has 6 rings (SSSR count). The predicted octanol–water partition coefficient (Wildman–Crippen LogP) is 4.16. The predicted molar refractivity (Wildman–Crippen MR) is 112 cm³/mol. The molecule has 1 aliphatic carbocycles. The van der Waals surface area contributed by atoms with Crippen LogP contribution in [0.25, 0.3) is 26.4 Å². The average molecular weight is 401 g/mol. The lowest BCUT2D eigenvalue weighted by Crippen LogP contribution is -2.03. The van der Waals surface area contributed by atoms with Crippen LogP contribution in [-0.4, -0.2) is 34.6 Å². The molecule has 144 valence electrons. The third kappa shape index (κ3) is 2.74. The molecule has 0 amide bonds. The van der Waals surface area contributed by atoms with Crippen LogP contribution in [0.2, 0.25) is 0 Å². The van der Waals surface area contributed by atoms with E-state index >= 15 is 0 Å². The summed E-state index contributed by atoms with van der Waals surface area (Å²) in [6.45, 7) is 2.15. The van der Waals surface area contributed by atoms with Gasteiger partial charge in [-0.15, -0.1) is 10.2 Å². The van der Waals surface area contributed by atoms with Crippen LogP contribution in [0.1, 0.15) is 48.7 Å². The lowest BCUT2D eigenvalue weighted by atomic mass is 9.99. The fourth-order valence-electron chi connectivity index (χ4n) is 3.85. The van der Waals surface area contributed by atoms with Crippen molar-refractivity contribution in [2.45, 2.75) is 31.6 Å². The van der Waals surface area contributed by atoms with Crippen molar-refractivity contribution in [3.63, 3.8) is 0 Å². The SMILES string of the molecule is C[C@@H](c1ccc2ncccc2c1)c1nnc2sc(-c3cn(C)nc3C3CC3)nn12. The van der Waals surface area contributed by atoms with E-state index < -0.39 is 0 Å². The number of fused-ring (bicyclic) bond motifs is 2. The van der Waals surface area contributed by atoms with Gasteiger partial charge in [-0.25, -0.2) is 0 Å². The summed E-state index contributed by atoms with van der Waals surface area (Å²) in [6, 6.07) is 10.4. The van der Waals surface area contributed by atoms with Crippen LogP contribution in [0, 0.1) is 0 Å². The third-order valence-electron chi connectivity index (χ3n) is 5.58. The van der Waals surface area contributed by atoms with E-state index in [-0.39, 0.29) is 5.92 Å². The maximum atomic E-state index is 4.88. The lowest BCUT2D eigenvalue weighted by molar-refractivity contribution is 0.744. The van der Waals surface area contributed by atoms with Crippen molar-refractivity contribution in [1.29, 1.82) is 0 Å². The van der Waals surface area contributed by atoms with Gasteiger partial charge in [0.2, 0.25) is 4.96 Å². The van der Waals surface area contributed by atoms with Crippen molar-refractivity contribution in [3.8, 4) is 10.6 Å². The zero-order chi connectivity index (χ0) is 19.5. The quantitative estimate of drug-likeness (QED) is 0.452. The van der Waals surface area contributed by atoms with Gasteiger partial charge in [0.25, 0.3) is 0 Å². The molecule has 1 aromatic carbocycles. The first-order chi connectivity index (χ1) is 14.2. The first-order valence-electron chi connectivity index (χ1n) is 9.78. The van der Waals surface area contributed by atoms with Gasteiger partial charge >= 0.3 is 0 Å². The molecule has 29 heavy (non-hydrogen) atoms. The Hall–Kier alpha value is -3.13. The highest BCUT2D eigenvalue weighted by atomic mass is 32.1. The number of rotatable bonds is 4. The summed E-state index contributed by atoms with van der Waals surface area (Å²) in [5.74, 6) is 1.49. The highest BCUT2D eigenvalue weighted by molar-refractivity contribution is 7.19. The van der Waals surface area contributed by atoms with E-state index in [2.05, 4.69) is 57.7 Å². The van der Waals surface area contributed by atoms with Crippen molar-refractivity contribution < 1.29 is 0 Å². The van der Waals surface area contributed by atoms with Crippen molar-refractivity contribution in [1.82, 2.24) is 34.6 Å². The van der Waals surface area contributed by atoms with Gasteiger partial charge in [-0.2, -0.15) is 14.7 Å². The summed E-state index contributed by atoms with van der Waals surface area (Å²) in [5.41, 5.74) is 4.46. The number of aryl methyl sites for hydroxylation is 1. The Morgan fingerprint density at radius 1 is 1.14 bits per heavy atom. The van der Waals surface area contributed by atoms with Gasteiger partial charge < -0.3 is 0 Å². The molecule has 4 aromatic heterocycles. The summed E-state index contributed by atoms with van der Waals surface area (Å²) in [5, 5.41) is 20.5. The van der Waals surface area contributed by atoms with Crippen molar-refractivity contribution in [2.75, 3.05) is 0 Å². The van der Waals surface area contributed by atoms with Crippen LogP contribution in [0.3, 0.4) is 0 Å². The van der Waals surface area contributed by atoms with Crippen molar-refractivity contribution in [2.24, 2.45) is 7.05 Å². The number of nitrogens with zero attached hydrogens (tertiary/aromatic N) is 7. The molecule has 1 aliphatic rings. The molecule has 0 spiro atoms. The van der Waals surface area contributed by atoms with E-state index in [1.807, 2.05) is 28.5 Å². The maximum Gasteiger partial charge on any atom is 0.235 e. The molecule has 0 saturated heterocycles. The minimum Gasteiger partial charge on any atom is -0.275 e. The Balaban J connectivity index is 1.42. The Kier molecular flexibility index (Phi) is 3.58. The van der Waals surface area contributed by atoms with E-state index in [1.165, 1.54) is 18.4 Å². The highest BCUT2D eigenvalue weighted by Crippen LogP contribution is 2.44. The zero-order valence-electron chi connectivity index (χ0n) is 16.1. The number of pyridine rings is 1. The highest BCUT2D eigenvalue weighted by Gasteiger charge is 2.31. The molecule has 1 saturated carbocycles. The second-order valence-electron chi connectivity index (χ2n) is 7.71. The van der Waals surface area contributed by atoms with Crippen LogP contribution in [0.5, 0.6) is 0 Å². The van der Waals surface area contributed by atoms with E-state index in [9.17, 15) is 0 Å². The van der Waals surface area contributed by atoms with Gasteiger partial charge in [-0.05, 0) is 36.6 Å². The summed E-state index contributed by atoms with van der Waals surface area (Å²) in [6.07, 6.45) is 6.32. The van der Waals surface area contributed by atoms with Crippen LogP contribution in [0.4, 0.5) is 0 Å². The van der Waals surface area contributed by atoms with Gasteiger partial charge in [0.1, 0.15) is 0 Å². The third-order valence-corrected chi connectivity index (χ3v) is 6.51. The topological polar surface area (TPSA) is 73.8 Å². The summed E-state index contributed by atoms with van der Waals surface area (Å²) in [4.78, 5) is 5.22. The van der Waals surface area contributed by atoms with Crippen molar-refractivity contribution >= 4 is 27.2 Å². The fraction of sp³-hybridized carbons (Fsp3) is 0.286. The maximum absolute atomic E-state index is 4.88. The van der Waals surface area contributed by atoms with Crippen LogP contribution >= 0.6 is 11.3 Å². The molecule has 1 fully saturated rings. The molecular formula is C21H19N7S. The molecule has 1 atom stereocenters. The largest absolute Gasteiger partial charge is 0.275 e. The molecule has 0 bridgehead atoms. The summed E-state index contributed by atoms with van der Waals surface area (Å²) >= 11 is 1.57. The lowest BCUT2D eigenvalue weighted by Gasteiger charge is -2.10. The zero-order valence-corrected chi connectivity index (χ0v) is 17.0. The molecule has 0 N–H and O–H groups in total. The first kappa shape index (κ1) is 16.8. The Labute approximate surface area is 171 Å². The number of aromatic nitrogens is 7. The summed E-state index contributed by atoms with van der Waals surface area (Å²) < 4.78 is 3.78. The van der Waals surface area contributed by atoms with Crippen LogP contribution in [-0.2, 0) is 7.05 Å². The Morgan fingerprint density at radius 2 is 2.03 bits per heavy atom. The molecule has 0 aliphatic heterocycles. The number of hydrogen-bond donors (Lipinski definition) is 0. The van der Waals surface area contributed by atoms with E-state index in [0.29, 0.717) is 5.92 Å². The first-order valence-corrected chi connectivity index (χ1v) is 10.6. The second kappa shape index (κ2) is 6.18. The summed E-state index contributed by atoms with van der Waals surface area (Å²) in [7, 11) is 1.97. The van der Waals surface area contributed by atoms with Gasteiger partial charge in [0.15, 0.2) is 10.8 Å². The Morgan fingerprint density at radius 3 is 2.90 bits per heavy atom.